The molecule has 3 saturated carbocycles. The fourth-order valence-corrected chi connectivity index (χ4v) is 8.70. The molecule has 0 N–H and O–H groups in total. The molecule has 9 nitrogen and oxygen atoms in total. The maximum atomic E-state index is 14.5. The van der Waals surface area contributed by atoms with Crippen molar-refractivity contribution < 1.29 is 42.8 Å². The quantitative estimate of drug-likeness (QED) is 0.295. The molecule has 5 fully saturated rings. The molecule has 9 heteroatoms. The summed E-state index contributed by atoms with van der Waals surface area (Å²) in [5.41, 5.74) is -4.70. The summed E-state index contributed by atoms with van der Waals surface area (Å²) in [5, 5.41) is 0. The van der Waals surface area contributed by atoms with E-state index >= 15 is 0 Å². The van der Waals surface area contributed by atoms with Crippen LogP contribution in [-0.2, 0) is 44.6 Å². The molecule has 0 radical (unpaired) electrons. The Labute approximate surface area is 234 Å². The van der Waals surface area contributed by atoms with E-state index in [1.165, 1.54) is 0 Å². The van der Waals surface area contributed by atoms with E-state index in [4.69, 9.17) is 28.4 Å². The van der Waals surface area contributed by atoms with Gasteiger partial charge in [0.05, 0.1) is 30.1 Å². The van der Waals surface area contributed by atoms with Crippen molar-refractivity contribution >= 4 is 18.4 Å². The molecule has 216 valence electrons. The highest BCUT2D eigenvalue weighted by Gasteiger charge is 2.80. The van der Waals surface area contributed by atoms with E-state index in [-0.39, 0.29) is 19.0 Å². The van der Waals surface area contributed by atoms with Crippen LogP contribution in [0, 0.1) is 22.2 Å². The lowest BCUT2D eigenvalue weighted by Crippen LogP contribution is -2.77. The third-order valence-corrected chi connectivity index (χ3v) is 10.5. The molecule has 1 aromatic carbocycles. The number of ether oxygens (including phenoxy) is 6. The van der Waals surface area contributed by atoms with E-state index in [0.29, 0.717) is 19.3 Å². The average Bonchev–Trinajstić information content (AvgIpc) is 3.40. The fraction of sp³-hybridized carbons (Fsp3) is 0.645. The molecular weight excluding hydrogens is 516 g/mol. The first-order valence-corrected chi connectivity index (χ1v) is 14.0. The normalized spacial score (nSPS) is 44.2. The Morgan fingerprint density at radius 2 is 1.75 bits per heavy atom. The van der Waals surface area contributed by atoms with Crippen molar-refractivity contribution in [2.75, 3.05) is 6.61 Å². The fourth-order valence-electron chi connectivity index (χ4n) is 8.70. The van der Waals surface area contributed by atoms with Crippen LogP contribution in [-0.4, -0.2) is 60.3 Å². The molecule has 2 bridgehead atoms. The Kier molecular flexibility index (Phi) is 5.92. The topological polar surface area (TPSA) is 107 Å². The first kappa shape index (κ1) is 27.4. The van der Waals surface area contributed by atoms with Crippen molar-refractivity contribution in [3.05, 3.63) is 48.0 Å². The molecule has 40 heavy (non-hydrogen) atoms. The molecule has 1 aromatic rings. The molecule has 2 spiro atoms. The number of benzene rings is 1. The summed E-state index contributed by atoms with van der Waals surface area (Å²) < 4.78 is 37.6. The molecule has 7 rings (SSSR count). The van der Waals surface area contributed by atoms with Crippen LogP contribution in [0.4, 0.5) is 4.79 Å². The van der Waals surface area contributed by atoms with Crippen LogP contribution < -0.4 is 0 Å². The SMILES string of the molecule is CC1(C)OC[C@@]2(C=C[C@H](OCc3ccccc3)[C@]3(C)[C@@H]2[C@@H]2OC(=O)O[C@]24CC[C@@](C)(C(=O)C4(C)C)[C@H]3OC=O)O1. The zero-order valence-corrected chi connectivity index (χ0v) is 23.9. The van der Waals surface area contributed by atoms with E-state index < -0.39 is 63.6 Å². The monoisotopic (exact) mass is 554 g/mol. The van der Waals surface area contributed by atoms with Crippen molar-refractivity contribution in [2.45, 2.75) is 96.3 Å². The van der Waals surface area contributed by atoms with Gasteiger partial charge in [-0.05, 0) is 53.0 Å². The summed E-state index contributed by atoms with van der Waals surface area (Å²) in [6, 6.07) is 9.76. The number of fused-ring (bicyclic) bond motifs is 2. The molecule has 0 unspecified atom stereocenters. The van der Waals surface area contributed by atoms with Crippen LogP contribution in [0.25, 0.3) is 0 Å². The molecule has 2 saturated heterocycles. The third kappa shape index (κ3) is 3.46. The first-order valence-electron chi connectivity index (χ1n) is 14.0. The third-order valence-electron chi connectivity index (χ3n) is 10.5. The number of Topliss-reactive ketones (excluding diaryl/α,β-unsaturated/α-hetero) is 1. The summed E-state index contributed by atoms with van der Waals surface area (Å²) in [4.78, 5) is 39.7. The lowest BCUT2D eigenvalue weighted by atomic mass is 9.41. The van der Waals surface area contributed by atoms with Gasteiger partial charge >= 0.3 is 6.16 Å². The highest BCUT2D eigenvalue weighted by Crippen LogP contribution is 2.68. The van der Waals surface area contributed by atoms with Crippen LogP contribution in [0.15, 0.2) is 42.5 Å². The number of carbonyl (C=O) groups excluding carboxylic acids is 3. The standard InChI is InChI=1S/C31H38O9/c1-26(2)23(33)28(5)14-15-31(26)22(38-25(34)39-31)21-29(6,24(28)36-18-32)20(35-16-19-10-8-7-9-11-19)12-13-30(21)17-37-27(3,4)40-30/h7-13,18,20-22,24H,14-17H2,1-6H3/t20-,21-,22-,24+,28-,29+,30+,31+/m0/s1. The van der Waals surface area contributed by atoms with Gasteiger partial charge in [-0.15, -0.1) is 0 Å². The van der Waals surface area contributed by atoms with Gasteiger partial charge in [-0.3, -0.25) is 9.59 Å². The van der Waals surface area contributed by atoms with Gasteiger partial charge in [0.15, 0.2) is 23.3 Å². The van der Waals surface area contributed by atoms with Crippen LogP contribution in [0.2, 0.25) is 0 Å². The molecule has 4 aliphatic carbocycles. The Balaban J connectivity index is 1.60. The summed E-state index contributed by atoms with van der Waals surface area (Å²) >= 11 is 0. The summed E-state index contributed by atoms with van der Waals surface area (Å²) in [6.45, 7) is 11.9. The molecule has 0 aromatic heterocycles. The Hall–Kier alpha value is -2.75. The zero-order valence-electron chi connectivity index (χ0n) is 23.9. The van der Waals surface area contributed by atoms with Gasteiger partial charge in [0, 0.05) is 11.3 Å². The van der Waals surface area contributed by atoms with Crippen LogP contribution in [0.5, 0.6) is 0 Å². The maximum absolute atomic E-state index is 14.5. The minimum atomic E-state index is -1.25. The molecule has 0 amide bonds. The van der Waals surface area contributed by atoms with E-state index in [9.17, 15) is 14.4 Å². The lowest BCUT2D eigenvalue weighted by molar-refractivity contribution is -0.271. The van der Waals surface area contributed by atoms with Gasteiger partial charge in [0.25, 0.3) is 6.47 Å². The minimum Gasteiger partial charge on any atom is -0.463 e. The number of hydrogen-bond acceptors (Lipinski definition) is 9. The van der Waals surface area contributed by atoms with Crippen LogP contribution in [0.3, 0.4) is 0 Å². The van der Waals surface area contributed by atoms with Gasteiger partial charge in [-0.25, -0.2) is 4.79 Å². The van der Waals surface area contributed by atoms with Gasteiger partial charge in [0.2, 0.25) is 0 Å². The van der Waals surface area contributed by atoms with E-state index in [1.54, 1.807) is 13.8 Å². The largest absolute Gasteiger partial charge is 0.509 e. The van der Waals surface area contributed by atoms with E-state index in [2.05, 4.69) is 0 Å². The van der Waals surface area contributed by atoms with Crippen LogP contribution in [0.1, 0.15) is 59.9 Å². The van der Waals surface area contributed by atoms with Gasteiger partial charge in [0.1, 0.15) is 11.7 Å². The highest BCUT2D eigenvalue weighted by atomic mass is 16.8. The molecule has 8 atom stereocenters. The second kappa shape index (κ2) is 8.63. The summed E-state index contributed by atoms with van der Waals surface area (Å²) in [7, 11) is 0. The second-order valence-corrected chi connectivity index (χ2v) is 13.4. The number of ketones is 1. The van der Waals surface area contributed by atoms with Crippen molar-refractivity contribution in [1.29, 1.82) is 0 Å². The van der Waals surface area contributed by atoms with Crippen molar-refractivity contribution in [3.63, 3.8) is 0 Å². The lowest BCUT2D eigenvalue weighted by Gasteiger charge is -2.65. The zero-order chi connectivity index (χ0) is 28.8. The minimum absolute atomic E-state index is 0.143. The number of carbonyl (C=O) groups is 3. The highest BCUT2D eigenvalue weighted by molar-refractivity contribution is 5.93. The average molecular weight is 555 g/mol. The molecule has 2 heterocycles. The van der Waals surface area contributed by atoms with Crippen molar-refractivity contribution in [1.82, 2.24) is 0 Å². The van der Waals surface area contributed by atoms with Crippen molar-refractivity contribution in [2.24, 2.45) is 22.2 Å². The predicted molar refractivity (Wildman–Crippen MR) is 141 cm³/mol. The Bertz CT molecular complexity index is 1260. The second-order valence-electron chi connectivity index (χ2n) is 13.4. The van der Waals surface area contributed by atoms with E-state index in [0.717, 1.165) is 5.56 Å². The molecular formula is C31H38O9. The molecule has 2 aliphatic heterocycles. The Morgan fingerprint density at radius 1 is 1.02 bits per heavy atom. The number of rotatable bonds is 5. The van der Waals surface area contributed by atoms with Crippen LogP contribution >= 0.6 is 0 Å². The predicted octanol–water partition coefficient (Wildman–Crippen LogP) is 4.51. The van der Waals surface area contributed by atoms with Gasteiger partial charge in [-0.2, -0.15) is 0 Å². The smallest absolute Gasteiger partial charge is 0.463 e. The van der Waals surface area contributed by atoms with Gasteiger partial charge < -0.3 is 28.4 Å². The maximum Gasteiger partial charge on any atom is 0.509 e. The first-order chi connectivity index (χ1) is 18.8. The number of hydrogen-bond donors (Lipinski definition) is 0. The van der Waals surface area contributed by atoms with Crippen molar-refractivity contribution in [3.8, 4) is 0 Å². The summed E-state index contributed by atoms with van der Waals surface area (Å²) in [6.07, 6.45) is 1.27. The summed E-state index contributed by atoms with van der Waals surface area (Å²) in [5.74, 6) is -1.73. The van der Waals surface area contributed by atoms with Gasteiger partial charge in [-0.1, -0.05) is 49.4 Å². The van der Waals surface area contributed by atoms with E-state index in [1.807, 2.05) is 70.2 Å². The molecule has 6 aliphatic rings. The Morgan fingerprint density at radius 3 is 2.40 bits per heavy atom.